The average Bonchev–Trinajstić information content (AvgIpc) is 4.03. The van der Waals surface area contributed by atoms with Gasteiger partial charge < -0.3 is 13.7 Å². The fourth-order valence-electron chi connectivity index (χ4n) is 9.01. The van der Waals surface area contributed by atoms with Crippen LogP contribution in [-0.2, 0) is 31.9 Å². The van der Waals surface area contributed by atoms with Gasteiger partial charge in [0, 0.05) is 45.9 Å². The molecule has 0 fully saturated rings. The molecule has 0 saturated carbocycles. The summed E-state index contributed by atoms with van der Waals surface area (Å²) in [6, 6.07) is 59.9. The van der Waals surface area contributed by atoms with Crippen LogP contribution < -0.4 is 4.74 Å². The van der Waals surface area contributed by atoms with Gasteiger partial charge in [0.1, 0.15) is 11.4 Å². The molecule has 0 unspecified atom stereocenters. The Kier molecular flexibility index (Phi) is 10.5. The van der Waals surface area contributed by atoms with E-state index in [0.29, 0.717) is 22.8 Å². The Morgan fingerprint density at radius 1 is 0.569 bits per heavy atom. The third-order valence-electron chi connectivity index (χ3n) is 12.3. The SMILES string of the molecule is CC(C)(C)c1ccc(-c2ccnc(-n3c4[c-]c(Oc5[c-]c(-n6cc(-c7ccccc7-c7ccccc7)cn6)c6oc7ccccc7c6c5)ccc4c4ccccc43)c2)c(C(C)(C)C)c1.[Pt+2]. The third kappa shape index (κ3) is 7.56. The molecule has 7 heteroatoms. The first-order valence-electron chi connectivity index (χ1n) is 21.8. The van der Waals surface area contributed by atoms with Crippen LogP contribution in [0.5, 0.6) is 11.5 Å². The van der Waals surface area contributed by atoms with Gasteiger partial charge >= 0.3 is 21.1 Å². The molecule has 4 heterocycles. The Bertz CT molecular complexity index is 3570. The van der Waals surface area contributed by atoms with Gasteiger partial charge in [0.2, 0.25) is 0 Å². The zero-order chi connectivity index (χ0) is 43.7. The van der Waals surface area contributed by atoms with Crippen molar-refractivity contribution >= 4 is 43.7 Å². The predicted molar refractivity (Wildman–Crippen MR) is 261 cm³/mol. The Balaban J connectivity index is 0.00000498. The maximum atomic E-state index is 6.79. The molecule has 4 aromatic heterocycles. The summed E-state index contributed by atoms with van der Waals surface area (Å²) in [6.45, 7) is 13.7. The van der Waals surface area contributed by atoms with E-state index in [1.54, 1.807) is 0 Å². The summed E-state index contributed by atoms with van der Waals surface area (Å²) >= 11 is 0. The smallest absolute Gasteiger partial charge is 0.513 e. The van der Waals surface area contributed by atoms with Crippen LogP contribution in [0.25, 0.3) is 88.6 Å². The number of hydrogen-bond donors (Lipinski definition) is 0. The minimum absolute atomic E-state index is 0. The summed E-state index contributed by atoms with van der Waals surface area (Å²) in [7, 11) is 0. The minimum Gasteiger partial charge on any atom is -0.513 e. The average molecular weight is 1030 g/mol. The van der Waals surface area contributed by atoms with E-state index in [9.17, 15) is 0 Å². The molecule has 0 radical (unpaired) electrons. The second-order valence-electron chi connectivity index (χ2n) is 18.6. The fraction of sp³-hybridized carbons (Fsp3) is 0.138. The topological polar surface area (TPSA) is 58.0 Å². The van der Waals surface area contributed by atoms with Crippen molar-refractivity contribution in [1.82, 2.24) is 19.3 Å². The van der Waals surface area contributed by atoms with E-state index in [1.807, 2.05) is 59.7 Å². The number of fused-ring (bicyclic) bond motifs is 6. The molecule has 0 aliphatic heterocycles. The van der Waals surface area contributed by atoms with Crippen LogP contribution in [0.3, 0.4) is 0 Å². The number of benzene rings is 7. The molecule has 65 heavy (non-hydrogen) atoms. The van der Waals surface area contributed by atoms with Gasteiger partial charge in [-0.3, -0.25) is 4.68 Å². The van der Waals surface area contributed by atoms with Crippen LogP contribution in [0.2, 0.25) is 0 Å². The molecule has 0 atom stereocenters. The van der Waals surface area contributed by atoms with Gasteiger partial charge in [-0.05, 0) is 85.1 Å². The molecule has 0 aliphatic carbocycles. The standard InChI is InChI=1S/C58H46N4O2.Pt/c1-57(2,3)40-24-26-45(50(31-40)58(4,5)6)38-28-29-59-55(30-38)62-51-22-14-12-20-46(51)47-27-25-41(33-52(47)62)63-42-32-49-48-21-13-15-23-54(48)64-56(49)53(34-42)61-36-39(35-60-61)44-19-11-10-18-43(44)37-16-8-7-9-17-37;/h7-32,35-36H,1-6H3;/q-2;+2. The van der Waals surface area contributed by atoms with E-state index in [2.05, 4.69) is 174 Å². The Morgan fingerprint density at radius 2 is 1.29 bits per heavy atom. The number of rotatable bonds is 7. The van der Waals surface area contributed by atoms with E-state index >= 15 is 0 Å². The summed E-state index contributed by atoms with van der Waals surface area (Å²) in [4.78, 5) is 4.99. The van der Waals surface area contributed by atoms with Crippen molar-refractivity contribution in [1.29, 1.82) is 0 Å². The molecule has 0 saturated heterocycles. The van der Waals surface area contributed by atoms with Gasteiger partial charge in [-0.1, -0.05) is 162 Å². The van der Waals surface area contributed by atoms with Crippen molar-refractivity contribution < 1.29 is 30.2 Å². The number of pyridine rings is 1. The van der Waals surface area contributed by atoms with Crippen LogP contribution in [-0.4, -0.2) is 19.3 Å². The Labute approximate surface area is 393 Å². The van der Waals surface area contributed by atoms with Crippen LogP contribution in [0, 0.1) is 12.1 Å². The number of nitrogens with zero attached hydrogens (tertiary/aromatic N) is 4. The van der Waals surface area contributed by atoms with Gasteiger partial charge in [-0.2, -0.15) is 11.2 Å². The second-order valence-corrected chi connectivity index (χ2v) is 18.6. The monoisotopic (exact) mass is 1030 g/mol. The summed E-state index contributed by atoms with van der Waals surface area (Å²) in [5.74, 6) is 1.87. The first-order valence-corrected chi connectivity index (χ1v) is 21.8. The van der Waals surface area contributed by atoms with E-state index in [-0.39, 0.29) is 31.9 Å². The maximum absolute atomic E-state index is 6.79. The minimum atomic E-state index is -0.0664. The second kappa shape index (κ2) is 16.2. The Morgan fingerprint density at radius 3 is 2.08 bits per heavy atom. The molecule has 0 aliphatic rings. The molecular formula is C58H46N4O2Pt. The summed E-state index contributed by atoms with van der Waals surface area (Å²) in [5, 5.41) is 8.94. The normalized spacial score (nSPS) is 12.0. The van der Waals surface area contributed by atoms with E-state index in [1.165, 1.54) is 16.7 Å². The van der Waals surface area contributed by atoms with Crippen LogP contribution in [0.15, 0.2) is 175 Å². The number of ether oxygens (including phenoxy) is 1. The van der Waals surface area contributed by atoms with Crippen molar-refractivity contribution in [3.8, 4) is 56.4 Å². The van der Waals surface area contributed by atoms with E-state index < -0.39 is 0 Å². The van der Waals surface area contributed by atoms with Gasteiger partial charge in [0.05, 0.1) is 6.20 Å². The number of furan rings is 1. The number of aromatic nitrogens is 4. The number of hydrogen-bond acceptors (Lipinski definition) is 4. The van der Waals surface area contributed by atoms with Crippen molar-refractivity contribution in [3.63, 3.8) is 0 Å². The van der Waals surface area contributed by atoms with Gasteiger partial charge in [-0.15, -0.1) is 29.7 Å². The largest absolute Gasteiger partial charge is 2.00 e. The summed E-state index contributed by atoms with van der Waals surface area (Å²) < 4.78 is 17.3. The fourth-order valence-corrected chi connectivity index (χ4v) is 9.01. The van der Waals surface area contributed by atoms with Crippen molar-refractivity contribution in [2.45, 2.75) is 52.4 Å². The molecular weight excluding hydrogens is 980 g/mol. The van der Waals surface area contributed by atoms with E-state index in [4.69, 9.17) is 19.2 Å². The van der Waals surface area contributed by atoms with E-state index in [0.717, 1.165) is 71.8 Å². The quantitative estimate of drug-likeness (QED) is 0.149. The van der Waals surface area contributed by atoms with Crippen molar-refractivity contribution in [3.05, 3.63) is 194 Å². The van der Waals surface area contributed by atoms with Gasteiger partial charge in [0.25, 0.3) is 0 Å². The van der Waals surface area contributed by atoms with Crippen LogP contribution in [0.4, 0.5) is 0 Å². The van der Waals surface area contributed by atoms with Crippen molar-refractivity contribution in [2.24, 2.45) is 0 Å². The van der Waals surface area contributed by atoms with Gasteiger partial charge in [-0.25, -0.2) is 4.98 Å². The molecule has 11 rings (SSSR count). The van der Waals surface area contributed by atoms with Crippen LogP contribution in [0.1, 0.15) is 52.7 Å². The predicted octanol–water partition coefficient (Wildman–Crippen LogP) is 15.2. The molecule has 0 spiro atoms. The third-order valence-corrected chi connectivity index (χ3v) is 12.3. The molecule has 11 aromatic rings. The van der Waals surface area contributed by atoms with Crippen LogP contribution >= 0.6 is 0 Å². The molecule has 7 aromatic carbocycles. The first-order chi connectivity index (χ1) is 31.0. The number of para-hydroxylation sites is 2. The molecule has 0 bridgehead atoms. The zero-order valence-electron chi connectivity index (χ0n) is 37.1. The Hall–Kier alpha value is -7.01. The maximum Gasteiger partial charge on any atom is 2.00 e. The zero-order valence-corrected chi connectivity index (χ0v) is 39.4. The molecule has 0 N–H and O–H groups in total. The molecule has 320 valence electrons. The van der Waals surface area contributed by atoms with Crippen molar-refractivity contribution in [2.75, 3.05) is 0 Å². The molecule has 6 nitrogen and oxygen atoms in total. The molecule has 0 amide bonds. The summed E-state index contributed by atoms with van der Waals surface area (Å²) in [6.07, 6.45) is 5.84. The van der Waals surface area contributed by atoms with Gasteiger partial charge in [0.15, 0.2) is 0 Å². The summed E-state index contributed by atoms with van der Waals surface area (Å²) in [5.41, 5.74) is 13.3. The first kappa shape index (κ1) is 42.0.